The highest BCUT2D eigenvalue weighted by Crippen LogP contribution is 2.36. The molecule has 0 spiro atoms. The second-order valence-corrected chi connectivity index (χ2v) is 6.09. The first-order valence-electron chi connectivity index (χ1n) is 7.34. The van der Waals surface area contributed by atoms with E-state index in [0.29, 0.717) is 17.1 Å². The van der Waals surface area contributed by atoms with Gasteiger partial charge in [0.1, 0.15) is 6.04 Å². The highest BCUT2D eigenvalue weighted by Gasteiger charge is 2.41. The number of esters is 1. The van der Waals surface area contributed by atoms with E-state index in [-0.39, 0.29) is 18.3 Å². The van der Waals surface area contributed by atoms with Crippen molar-refractivity contribution in [1.29, 1.82) is 0 Å². The van der Waals surface area contributed by atoms with Crippen molar-refractivity contribution in [2.75, 3.05) is 13.4 Å². The first-order valence-corrected chi connectivity index (χ1v) is 8.16. The predicted octanol–water partition coefficient (Wildman–Crippen LogP) is 2.40. The van der Waals surface area contributed by atoms with Gasteiger partial charge in [-0.1, -0.05) is 6.07 Å². The molecule has 7 nitrogen and oxygen atoms in total. The maximum atomic E-state index is 12.5. The molecule has 0 saturated carbocycles. The van der Waals surface area contributed by atoms with Gasteiger partial charge in [-0.15, -0.1) is 0 Å². The van der Waals surface area contributed by atoms with E-state index < -0.39 is 23.2 Å². The van der Waals surface area contributed by atoms with Gasteiger partial charge in [0.2, 0.25) is 6.79 Å². The summed E-state index contributed by atoms with van der Waals surface area (Å²) in [5.74, 6) is 0.103. The summed E-state index contributed by atoms with van der Waals surface area (Å²) < 4.78 is 15.4. The smallest absolute Gasteiger partial charge is 0.329 e. The second-order valence-electron chi connectivity index (χ2n) is 5.09. The summed E-state index contributed by atoms with van der Waals surface area (Å²) in [6.07, 6.45) is 1.59. The summed E-state index contributed by atoms with van der Waals surface area (Å²) in [6, 6.07) is 4.26. The topological polar surface area (TPSA) is 82.1 Å². The molecule has 1 aromatic rings. The zero-order valence-corrected chi connectivity index (χ0v) is 13.9. The Hall–Kier alpha value is -2.48. The molecular weight excluding hydrogens is 334 g/mol. The highest BCUT2D eigenvalue weighted by atomic mass is 32.2. The lowest BCUT2D eigenvalue weighted by atomic mass is 10.2. The van der Waals surface area contributed by atoms with Gasteiger partial charge in [0.25, 0.3) is 11.1 Å². The molecule has 2 aliphatic heterocycles. The maximum Gasteiger partial charge on any atom is 0.329 e. The van der Waals surface area contributed by atoms with E-state index in [1.165, 1.54) is 6.92 Å². The molecule has 1 fully saturated rings. The highest BCUT2D eigenvalue weighted by molar-refractivity contribution is 8.18. The van der Waals surface area contributed by atoms with E-state index in [1.54, 1.807) is 31.2 Å². The monoisotopic (exact) mass is 349 g/mol. The number of nitrogens with zero attached hydrogens (tertiary/aromatic N) is 1. The molecular formula is C16H15NO6S. The number of hydrogen-bond acceptors (Lipinski definition) is 7. The van der Waals surface area contributed by atoms with Gasteiger partial charge in [-0.2, -0.15) is 0 Å². The summed E-state index contributed by atoms with van der Waals surface area (Å²) in [5.41, 5.74) is 0.702. The van der Waals surface area contributed by atoms with Crippen LogP contribution in [0.4, 0.5) is 4.79 Å². The number of imide groups is 1. The van der Waals surface area contributed by atoms with Crippen LogP contribution in [0.1, 0.15) is 19.4 Å². The standard InChI is InChI=1S/C16H15NO6S/c1-3-21-15(19)9(2)17-14(18)13(24-16(17)20)7-10-4-5-11-12(6-10)23-8-22-11/h4-7,9H,3,8H2,1-2H3/b13-7+/t9-/m0/s1. The molecule has 2 amide bonds. The molecule has 2 heterocycles. The summed E-state index contributed by atoms with van der Waals surface area (Å²) in [4.78, 5) is 37.5. The largest absolute Gasteiger partial charge is 0.464 e. The van der Waals surface area contributed by atoms with Crippen LogP contribution in [0.25, 0.3) is 6.08 Å². The quantitative estimate of drug-likeness (QED) is 0.610. The molecule has 0 aliphatic carbocycles. The predicted molar refractivity (Wildman–Crippen MR) is 86.5 cm³/mol. The average molecular weight is 349 g/mol. The summed E-state index contributed by atoms with van der Waals surface area (Å²) in [7, 11) is 0. The number of amides is 2. The Bertz CT molecular complexity index is 744. The third-order valence-electron chi connectivity index (χ3n) is 3.53. The van der Waals surface area contributed by atoms with Crippen LogP contribution in [0.15, 0.2) is 23.1 Å². The Labute approximate surface area is 142 Å². The van der Waals surface area contributed by atoms with Gasteiger partial charge < -0.3 is 14.2 Å². The van der Waals surface area contributed by atoms with Crippen molar-refractivity contribution in [3.05, 3.63) is 28.7 Å². The van der Waals surface area contributed by atoms with Crippen molar-refractivity contribution >= 4 is 35.0 Å². The van der Waals surface area contributed by atoms with E-state index in [0.717, 1.165) is 16.7 Å². The van der Waals surface area contributed by atoms with E-state index >= 15 is 0 Å². The Morgan fingerprint density at radius 2 is 2.12 bits per heavy atom. The van der Waals surface area contributed by atoms with E-state index in [2.05, 4.69) is 0 Å². The molecule has 1 aromatic carbocycles. The molecule has 8 heteroatoms. The number of carbonyl (C=O) groups excluding carboxylic acids is 3. The minimum absolute atomic E-state index is 0.159. The van der Waals surface area contributed by atoms with Gasteiger partial charge in [-0.05, 0) is 49.4 Å². The van der Waals surface area contributed by atoms with Gasteiger partial charge in [0, 0.05) is 0 Å². The van der Waals surface area contributed by atoms with Gasteiger partial charge in [-0.3, -0.25) is 14.5 Å². The number of hydrogen-bond donors (Lipinski definition) is 0. The van der Waals surface area contributed by atoms with Gasteiger partial charge >= 0.3 is 5.97 Å². The minimum atomic E-state index is -0.958. The van der Waals surface area contributed by atoms with Gasteiger partial charge in [0.15, 0.2) is 11.5 Å². The fourth-order valence-corrected chi connectivity index (χ4v) is 3.24. The molecule has 0 aromatic heterocycles. The van der Waals surface area contributed by atoms with Crippen LogP contribution in [-0.2, 0) is 14.3 Å². The lowest BCUT2D eigenvalue weighted by Crippen LogP contribution is -2.42. The summed E-state index contributed by atoms with van der Waals surface area (Å²) in [6.45, 7) is 3.48. The molecule has 0 bridgehead atoms. The lowest BCUT2D eigenvalue weighted by Gasteiger charge is -2.19. The fourth-order valence-electron chi connectivity index (χ4n) is 2.34. The first-order chi connectivity index (χ1) is 11.5. The van der Waals surface area contributed by atoms with Crippen molar-refractivity contribution in [1.82, 2.24) is 4.90 Å². The van der Waals surface area contributed by atoms with E-state index in [4.69, 9.17) is 14.2 Å². The molecule has 0 N–H and O–H groups in total. The van der Waals surface area contributed by atoms with Gasteiger partial charge in [0.05, 0.1) is 11.5 Å². The molecule has 0 radical (unpaired) electrons. The zero-order chi connectivity index (χ0) is 17.3. The molecule has 1 saturated heterocycles. The average Bonchev–Trinajstić information content (AvgIpc) is 3.11. The Balaban J connectivity index is 1.82. The van der Waals surface area contributed by atoms with Crippen molar-refractivity contribution in [3.8, 4) is 11.5 Å². The van der Waals surface area contributed by atoms with E-state index in [9.17, 15) is 14.4 Å². The Morgan fingerprint density at radius 3 is 2.88 bits per heavy atom. The molecule has 1 atom stereocenters. The number of carbonyl (C=O) groups is 3. The van der Waals surface area contributed by atoms with Crippen LogP contribution in [0.5, 0.6) is 11.5 Å². The van der Waals surface area contributed by atoms with Crippen LogP contribution in [0.2, 0.25) is 0 Å². The van der Waals surface area contributed by atoms with Crippen molar-refractivity contribution < 1.29 is 28.6 Å². The molecule has 3 rings (SSSR count). The fraction of sp³-hybridized carbons (Fsp3) is 0.312. The number of benzene rings is 1. The SMILES string of the molecule is CCOC(=O)[C@H](C)N1C(=O)S/C(=C/c2ccc3c(c2)OCO3)C1=O. The third kappa shape index (κ3) is 2.96. The Morgan fingerprint density at radius 1 is 1.38 bits per heavy atom. The maximum absolute atomic E-state index is 12.5. The van der Waals surface area contributed by atoms with Crippen LogP contribution in [0.3, 0.4) is 0 Å². The van der Waals surface area contributed by atoms with Crippen LogP contribution < -0.4 is 9.47 Å². The minimum Gasteiger partial charge on any atom is -0.464 e. The molecule has 24 heavy (non-hydrogen) atoms. The summed E-state index contributed by atoms with van der Waals surface area (Å²) >= 11 is 0.792. The molecule has 2 aliphatic rings. The van der Waals surface area contributed by atoms with Crippen LogP contribution in [0, 0.1) is 0 Å². The molecule has 0 unspecified atom stereocenters. The van der Waals surface area contributed by atoms with Crippen LogP contribution >= 0.6 is 11.8 Å². The van der Waals surface area contributed by atoms with E-state index in [1.807, 2.05) is 0 Å². The van der Waals surface area contributed by atoms with Crippen molar-refractivity contribution in [2.24, 2.45) is 0 Å². The zero-order valence-electron chi connectivity index (χ0n) is 13.1. The number of fused-ring (bicyclic) bond motifs is 1. The Kier molecular flexibility index (Phi) is 4.48. The normalized spacial score (nSPS) is 19.1. The van der Waals surface area contributed by atoms with Crippen molar-refractivity contribution in [2.45, 2.75) is 19.9 Å². The molecule has 126 valence electrons. The second kappa shape index (κ2) is 6.56. The van der Waals surface area contributed by atoms with Crippen LogP contribution in [-0.4, -0.2) is 41.5 Å². The lowest BCUT2D eigenvalue weighted by molar-refractivity contribution is -0.150. The number of ether oxygens (including phenoxy) is 3. The number of thioether (sulfide) groups is 1. The van der Waals surface area contributed by atoms with Gasteiger partial charge in [-0.25, -0.2) is 4.79 Å². The van der Waals surface area contributed by atoms with Crippen molar-refractivity contribution in [3.63, 3.8) is 0 Å². The first kappa shape index (κ1) is 16.4. The number of rotatable bonds is 4. The summed E-state index contributed by atoms with van der Waals surface area (Å²) in [5, 5.41) is -0.493. The third-order valence-corrected chi connectivity index (χ3v) is 4.42.